The Balaban J connectivity index is 1.71. The van der Waals surface area contributed by atoms with Gasteiger partial charge in [0.05, 0.1) is 23.5 Å². The molecule has 1 aromatic carbocycles. The minimum atomic E-state index is -0.655. The molecule has 152 valence electrons. The molecular formula is C19H17Cl2N3O5. The second kappa shape index (κ2) is 8.59. The molecule has 0 unspecified atom stereocenters. The molecule has 0 atom stereocenters. The van der Waals surface area contributed by atoms with E-state index in [-0.39, 0.29) is 23.7 Å². The lowest BCUT2D eigenvalue weighted by Gasteiger charge is -2.07. The van der Waals surface area contributed by atoms with Gasteiger partial charge in [0, 0.05) is 12.1 Å². The van der Waals surface area contributed by atoms with Crippen LogP contribution in [0.1, 0.15) is 32.5 Å². The summed E-state index contributed by atoms with van der Waals surface area (Å²) in [4.78, 5) is 24.4. The first kappa shape index (κ1) is 20.8. The number of amides is 1. The van der Waals surface area contributed by atoms with Crippen molar-refractivity contribution in [3.05, 3.63) is 63.3 Å². The van der Waals surface area contributed by atoms with Gasteiger partial charge >= 0.3 is 5.97 Å². The van der Waals surface area contributed by atoms with E-state index in [1.54, 1.807) is 38.2 Å². The fourth-order valence-corrected chi connectivity index (χ4v) is 2.95. The Morgan fingerprint density at radius 1 is 1.24 bits per heavy atom. The lowest BCUT2D eigenvalue weighted by Crippen LogP contribution is -2.14. The number of esters is 1. The monoisotopic (exact) mass is 437 g/mol. The standard InChI is InChI=1S/C19H17Cl2N3O5/c1-10-16(17(19(26)27-3)23-24(10)2)22-18(25)15-7-5-12(29-15)9-28-14-6-4-11(20)8-13(14)21/h4-8H,9H2,1-3H3,(H,22,25). The Labute approximate surface area is 176 Å². The topological polar surface area (TPSA) is 95.6 Å². The SMILES string of the molecule is COC(=O)c1nn(C)c(C)c1NC(=O)c1ccc(COc2ccc(Cl)cc2Cl)o1. The van der Waals surface area contributed by atoms with Crippen molar-refractivity contribution in [1.29, 1.82) is 0 Å². The number of benzene rings is 1. The van der Waals surface area contributed by atoms with Crippen LogP contribution in [0, 0.1) is 6.92 Å². The number of nitrogens with zero attached hydrogens (tertiary/aromatic N) is 2. The maximum absolute atomic E-state index is 12.5. The van der Waals surface area contributed by atoms with Crippen LogP contribution >= 0.6 is 23.2 Å². The molecule has 0 bridgehead atoms. The van der Waals surface area contributed by atoms with Crippen LogP contribution in [0.3, 0.4) is 0 Å². The summed E-state index contributed by atoms with van der Waals surface area (Å²) in [5.74, 6) is -0.297. The van der Waals surface area contributed by atoms with Crippen LogP contribution in [-0.2, 0) is 18.4 Å². The van der Waals surface area contributed by atoms with E-state index < -0.39 is 11.9 Å². The number of halogens is 2. The number of carbonyl (C=O) groups is 2. The summed E-state index contributed by atoms with van der Waals surface area (Å²) >= 11 is 11.9. The van der Waals surface area contributed by atoms with E-state index in [1.165, 1.54) is 17.9 Å². The Bertz CT molecular complexity index is 1070. The van der Waals surface area contributed by atoms with Gasteiger partial charge in [0.25, 0.3) is 5.91 Å². The van der Waals surface area contributed by atoms with Gasteiger partial charge in [-0.05, 0) is 37.3 Å². The van der Waals surface area contributed by atoms with Crippen LogP contribution in [0.4, 0.5) is 5.69 Å². The molecule has 0 aliphatic carbocycles. The molecule has 1 N–H and O–H groups in total. The quantitative estimate of drug-likeness (QED) is 0.579. The summed E-state index contributed by atoms with van der Waals surface area (Å²) in [6.07, 6.45) is 0. The highest BCUT2D eigenvalue weighted by atomic mass is 35.5. The van der Waals surface area contributed by atoms with Gasteiger partial charge in [-0.2, -0.15) is 5.10 Å². The minimum Gasteiger partial charge on any atom is -0.484 e. The van der Waals surface area contributed by atoms with Crippen molar-refractivity contribution in [3.63, 3.8) is 0 Å². The van der Waals surface area contributed by atoms with Crippen molar-refractivity contribution in [2.24, 2.45) is 7.05 Å². The largest absolute Gasteiger partial charge is 0.484 e. The lowest BCUT2D eigenvalue weighted by atomic mass is 10.3. The highest BCUT2D eigenvalue weighted by molar-refractivity contribution is 6.35. The Morgan fingerprint density at radius 2 is 2.00 bits per heavy atom. The zero-order chi connectivity index (χ0) is 21.1. The second-order valence-corrected chi connectivity index (χ2v) is 6.85. The number of nitrogens with one attached hydrogen (secondary N) is 1. The molecule has 0 radical (unpaired) electrons. The fourth-order valence-electron chi connectivity index (χ4n) is 2.49. The third-order valence-electron chi connectivity index (χ3n) is 4.10. The van der Waals surface area contributed by atoms with E-state index in [0.29, 0.717) is 27.2 Å². The highest BCUT2D eigenvalue weighted by Gasteiger charge is 2.23. The van der Waals surface area contributed by atoms with Crippen LogP contribution < -0.4 is 10.1 Å². The molecule has 0 spiro atoms. The number of hydrogen-bond donors (Lipinski definition) is 1. The van der Waals surface area contributed by atoms with Gasteiger partial charge in [0.1, 0.15) is 18.1 Å². The molecular weight excluding hydrogens is 421 g/mol. The molecule has 0 saturated carbocycles. The van der Waals surface area contributed by atoms with Crippen LogP contribution in [0.25, 0.3) is 0 Å². The van der Waals surface area contributed by atoms with E-state index in [2.05, 4.69) is 10.4 Å². The molecule has 2 heterocycles. The molecule has 0 saturated heterocycles. The number of aromatic nitrogens is 2. The van der Waals surface area contributed by atoms with Gasteiger partial charge in [-0.1, -0.05) is 23.2 Å². The molecule has 3 aromatic rings. The average molecular weight is 438 g/mol. The molecule has 29 heavy (non-hydrogen) atoms. The summed E-state index contributed by atoms with van der Waals surface area (Å²) in [5.41, 5.74) is 0.853. The summed E-state index contributed by atoms with van der Waals surface area (Å²) in [6, 6.07) is 7.96. The minimum absolute atomic E-state index is 0.00773. The van der Waals surface area contributed by atoms with Gasteiger partial charge < -0.3 is 19.2 Å². The second-order valence-electron chi connectivity index (χ2n) is 6.01. The normalized spacial score (nSPS) is 10.7. The van der Waals surface area contributed by atoms with Gasteiger partial charge in [-0.3, -0.25) is 9.48 Å². The number of rotatable bonds is 6. The Morgan fingerprint density at radius 3 is 2.69 bits per heavy atom. The van der Waals surface area contributed by atoms with E-state index in [1.807, 2.05) is 0 Å². The first-order valence-corrected chi connectivity index (χ1v) is 9.15. The molecule has 0 aliphatic rings. The van der Waals surface area contributed by atoms with E-state index in [0.717, 1.165) is 0 Å². The smallest absolute Gasteiger partial charge is 0.360 e. The first-order valence-electron chi connectivity index (χ1n) is 8.40. The van der Waals surface area contributed by atoms with Crippen molar-refractivity contribution in [2.45, 2.75) is 13.5 Å². The zero-order valence-electron chi connectivity index (χ0n) is 15.8. The van der Waals surface area contributed by atoms with Crippen LogP contribution in [0.15, 0.2) is 34.7 Å². The molecule has 0 fully saturated rings. The average Bonchev–Trinajstić information content (AvgIpc) is 3.27. The number of carbonyl (C=O) groups excluding carboxylic acids is 2. The number of furan rings is 1. The summed E-state index contributed by atoms with van der Waals surface area (Å²) in [7, 11) is 2.89. The Kier molecular flexibility index (Phi) is 6.14. The molecule has 10 heteroatoms. The van der Waals surface area contributed by atoms with Crippen molar-refractivity contribution < 1.29 is 23.5 Å². The van der Waals surface area contributed by atoms with Gasteiger partial charge in [0.15, 0.2) is 11.5 Å². The van der Waals surface area contributed by atoms with E-state index >= 15 is 0 Å². The number of ether oxygens (including phenoxy) is 2. The molecule has 0 aliphatic heterocycles. The number of anilines is 1. The van der Waals surface area contributed by atoms with E-state index in [9.17, 15) is 9.59 Å². The van der Waals surface area contributed by atoms with Gasteiger partial charge in [-0.25, -0.2) is 4.79 Å². The predicted octanol–water partition coefficient (Wildman–Crippen LogP) is 4.25. The highest BCUT2D eigenvalue weighted by Crippen LogP contribution is 2.28. The van der Waals surface area contributed by atoms with Crippen molar-refractivity contribution in [1.82, 2.24) is 9.78 Å². The number of aryl methyl sites for hydroxylation is 1. The summed E-state index contributed by atoms with van der Waals surface area (Å²) in [6.45, 7) is 1.78. The summed E-state index contributed by atoms with van der Waals surface area (Å²) in [5, 5.41) is 7.57. The third-order valence-corrected chi connectivity index (χ3v) is 4.63. The zero-order valence-corrected chi connectivity index (χ0v) is 17.3. The number of hydrogen-bond acceptors (Lipinski definition) is 6. The Hall–Kier alpha value is -2.97. The molecule has 8 nitrogen and oxygen atoms in total. The third kappa shape index (κ3) is 4.55. The van der Waals surface area contributed by atoms with Crippen LogP contribution in [0.2, 0.25) is 10.0 Å². The maximum atomic E-state index is 12.5. The van der Waals surface area contributed by atoms with Gasteiger partial charge in [-0.15, -0.1) is 0 Å². The van der Waals surface area contributed by atoms with Crippen LogP contribution in [0.5, 0.6) is 5.75 Å². The van der Waals surface area contributed by atoms with Crippen LogP contribution in [-0.4, -0.2) is 28.8 Å². The van der Waals surface area contributed by atoms with Crippen molar-refractivity contribution in [2.75, 3.05) is 12.4 Å². The van der Waals surface area contributed by atoms with Crippen molar-refractivity contribution >= 4 is 40.8 Å². The van der Waals surface area contributed by atoms with E-state index in [4.69, 9.17) is 37.1 Å². The maximum Gasteiger partial charge on any atom is 0.360 e. The summed E-state index contributed by atoms with van der Waals surface area (Å²) < 4.78 is 17.3. The fraction of sp³-hybridized carbons (Fsp3) is 0.211. The molecule has 2 aromatic heterocycles. The lowest BCUT2D eigenvalue weighted by molar-refractivity contribution is 0.0594. The molecule has 3 rings (SSSR count). The number of methoxy groups -OCH3 is 1. The molecule has 1 amide bonds. The predicted molar refractivity (Wildman–Crippen MR) is 107 cm³/mol. The van der Waals surface area contributed by atoms with Crippen molar-refractivity contribution in [3.8, 4) is 5.75 Å². The first-order chi connectivity index (χ1) is 13.8. The van der Waals surface area contributed by atoms with Gasteiger partial charge in [0.2, 0.25) is 0 Å².